The van der Waals surface area contributed by atoms with Crippen LogP contribution in [0, 0.1) is 11.3 Å². The lowest BCUT2D eigenvalue weighted by molar-refractivity contribution is 0.220. The lowest BCUT2D eigenvalue weighted by Crippen LogP contribution is -2.27. The standard InChI is InChI=1S/C14H22BrN3/c1-14(2,3)11-5-4-7-18(8-6-11)13-12(15)9-16-10-17-13/h9-11H,4-8H2,1-3H3. The predicted molar refractivity (Wildman–Crippen MR) is 78.7 cm³/mol. The molecule has 1 unspecified atom stereocenters. The number of halogens is 1. The van der Waals surface area contributed by atoms with Crippen LogP contribution in [0.5, 0.6) is 0 Å². The SMILES string of the molecule is CC(C)(C)C1CCCN(c2ncncc2Br)CC1. The molecule has 0 saturated carbocycles. The summed E-state index contributed by atoms with van der Waals surface area (Å²) >= 11 is 3.55. The lowest BCUT2D eigenvalue weighted by Gasteiger charge is -2.30. The minimum atomic E-state index is 0.416. The van der Waals surface area contributed by atoms with E-state index in [4.69, 9.17) is 0 Å². The predicted octanol–water partition coefficient (Wildman–Crippen LogP) is 3.89. The first-order valence-electron chi connectivity index (χ1n) is 6.69. The average molecular weight is 312 g/mol. The van der Waals surface area contributed by atoms with Gasteiger partial charge in [-0.15, -0.1) is 0 Å². The zero-order valence-electron chi connectivity index (χ0n) is 11.5. The van der Waals surface area contributed by atoms with E-state index >= 15 is 0 Å². The zero-order chi connectivity index (χ0) is 13.2. The summed E-state index contributed by atoms with van der Waals surface area (Å²) in [5, 5.41) is 0. The molecule has 100 valence electrons. The summed E-state index contributed by atoms with van der Waals surface area (Å²) in [6, 6.07) is 0. The van der Waals surface area contributed by atoms with E-state index in [0.29, 0.717) is 5.41 Å². The summed E-state index contributed by atoms with van der Waals surface area (Å²) in [6.07, 6.45) is 7.28. The van der Waals surface area contributed by atoms with E-state index in [1.54, 1.807) is 6.33 Å². The molecule has 1 saturated heterocycles. The molecule has 1 aromatic rings. The van der Waals surface area contributed by atoms with Crippen LogP contribution in [0.15, 0.2) is 17.0 Å². The van der Waals surface area contributed by atoms with Crippen LogP contribution < -0.4 is 4.90 Å². The maximum absolute atomic E-state index is 4.40. The lowest BCUT2D eigenvalue weighted by atomic mass is 9.77. The van der Waals surface area contributed by atoms with E-state index in [2.05, 4.69) is 51.6 Å². The highest BCUT2D eigenvalue weighted by Gasteiger charge is 2.27. The molecule has 1 fully saturated rings. The number of aromatic nitrogens is 2. The third-order valence-corrected chi connectivity index (χ3v) is 4.46. The van der Waals surface area contributed by atoms with E-state index in [0.717, 1.165) is 29.3 Å². The Hall–Kier alpha value is -0.640. The summed E-state index contributed by atoms with van der Waals surface area (Å²) in [5.41, 5.74) is 0.416. The van der Waals surface area contributed by atoms with Crippen molar-refractivity contribution in [2.75, 3.05) is 18.0 Å². The highest BCUT2D eigenvalue weighted by atomic mass is 79.9. The van der Waals surface area contributed by atoms with E-state index in [-0.39, 0.29) is 0 Å². The largest absolute Gasteiger partial charge is 0.356 e. The topological polar surface area (TPSA) is 29.0 Å². The van der Waals surface area contributed by atoms with Gasteiger partial charge >= 0.3 is 0 Å². The Kier molecular flexibility index (Phi) is 4.25. The third kappa shape index (κ3) is 3.22. The highest BCUT2D eigenvalue weighted by Crippen LogP contribution is 2.35. The van der Waals surface area contributed by atoms with Gasteiger partial charge in [0, 0.05) is 19.3 Å². The minimum Gasteiger partial charge on any atom is -0.356 e. The summed E-state index contributed by atoms with van der Waals surface area (Å²) in [7, 11) is 0. The molecule has 1 atom stereocenters. The highest BCUT2D eigenvalue weighted by molar-refractivity contribution is 9.10. The number of rotatable bonds is 1. The molecular weight excluding hydrogens is 290 g/mol. The van der Waals surface area contributed by atoms with Gasteiger partial charge in [-0.3, -0.25) is 0 Å². The molecule has 0 radical (unpaired) electrons. The van der Waals surface area contributed by atoms with Crippen LogP contribution in [-0.2, 0) is 0 Å². The van der Waals surface area contributed by atoms with E-state index < -0.39 is 0 Å². The molecule has 3 nitrogen and oxygen atoms in total. The minimum absolute atomic E-state index is 0.416. The molecule has 0 bridgehead atoms. The fraction of sp³-hybridized carbons (Fsp3) is 0.714. The Morgan fingerprint density at radius 2 is 2.06 bits per heavy atom. The molecule has 0 aromatic carbocycles. The second kappa shape index (κ2) is 5.55. The average Bonchev–Trinajstić information content (AvgIpc) is 2.54. The number of anilines is 1. The summed E-state index contributed by atoms with van der Waals surface area (Å²) < 4.78 is 0.999. The summed E-state index contributed by atoms with van der Waals surface area (Å²) in [5.74, 6) is 1.85. The molecule has 4 heteroatoms. The van der Waals surface area contributed by atoms with E-state index in [1.165, 1.54) is 19.3 Å². The van der Waals surface area contributed by atoms with Gasteiger partial charge in [-0.25, -0.2) is 9.97 Å². The first kappa shape index (κ1) is 13.8. The van der Waals surface area contributed by atoms with Gasteiger partial charge in [0.15, 0.2) is 0 Å². The van der Waals surface area contributed by atoms with Crippen molar-refractivity contribution in [3.8, 4) is 0 Å². The first-order valence-corrected chi connectivity index (χ1v) is 7.48. The fourth-order valence-corrected chi connectivity index (χ4v) is 3.18. The van der Waals surface area contributed by atoms with Crippen LogP contribution in [0.4, 0.5) is 5.82 Å². The van der Waals surface area contributed by atoms with Crippen LogP contribution in [0.25, 0.3) is 0 Å². The molecule has 0 amide bonds. The van der Waals surface area contributed by atoms with Crippen molar-refractivity contribution in [1.82, 2.24) is 9.97 Å². The number of hydrogen-bond donors (Lipinski definition) is 0. The van der Waals surface area contributed by atoms with Crippen molar-refractivity contribution in [3.63, 3.8) is 0 Å². The van der Waals surface area contributed by atoms with E-state index in [9.17, 15) is 0 Å². The van der Waals surface area contributed by atoms with Gasteiger partial charge in [0.1, 0.15) is 12.1 Å². The van der Waals surface area contributed by atoms with Crippen molar-refractivity contribution in [2.24, 2.45) is 11.3 Å². The Morgan fingerprint density at radius 3 is 2.72 bits per heavy atom. The normalized spacial score (nSPS) is 21.8. The molecule has 0 aliphatic carbocycles. The fourth-order valence-electron chi connectivity index (χ4n) is 2.71. The second-order valence-electron chi connectivity index (χ2n) is 6.18. The Labute approximate surface area is 118 Å². The quantitative estimate of drug-likeness (QED) is 0.788. The van der Waals surface area contributed by atoms with Gasteiger partial charge in [0.25, 0.3) is 0 Å². The molecule has 2 heterocycles. The third-order valence-electron chi connectivity index (χ3n) is 3.90. The molecule has 0 N–H and O–H groups in total. The molecule has 1 aromatic heterocycles. The van der Waals surface area contributed by atoms with Gasteiger partial charge in [0.05, 0.1) is 4.47 Å². The van der Waals surface area contributed by atoms with Crippen molar-refractivity contribution >= 4 is 21.7 Å². The van der Waals surface area contributed by atoms with Gasteiger partial charge in [-0.05, 0) is 46.5 Å². The zero-order valence-corrected chi connectivity index (χ0v) is 13.1. The Balaban J connectivity index is 2.08. The Morgan fingerprint density at radius 1 is 1.28 bits per heavy atom. The molecule has 18 heavy (non-hydrogen) atoms. The van der Waals surface area contributed by atoms with Crippen LogP contribution in [0.2, 0.25) is 0 Å². The number of hydrogen-bond acceptors (Lipinski definition) is 3. The van der Waals surface area contributed by atoms with Gasteiger partial charge in [-0.2, -0.15) is 0 Å². The van der Waals surface area contributed by atoms with Crippen LogP contribution in [0.3, 0.4) is 0 Å². The van der Waals surface area contributed by atoms with Crippen LogP contribution >= 0.6 is 15.9 Å². The number of nitrogens with zero attached hydrogens (tertiary/aromatic N) is 3. The molecule has 2 rings (SSSR count). The van der Waals surface area contributed by atoms with Crippen molar-refractivity contribution in [3.05, 3.63) is 17.0 Å². The van der Waals surface area contributed by atoms with Crippen LogP contribution in [0.1, 0.15) is 40.0 Å². The molecule has 1 aliphatic rings. The second-order valence-corrected chi connectivity index (χ2v) is 7.03. The summed E-state index contributed by atoms with van der Waals surface area (Å²) in [4.78, 5) is 10.8. The molecular formula is C14H22BrN3. The van der Waals surface area contributed by atoms with Crippen molar-refractivity contribution < 1.29 is 0 Å². The van der Waals surface area contributed by atoms with Gasteiger partial charge in [0.2, 0.25) is 0 Å². The maximum Gasteiger partial charge on any atom is 0.146 e. The monoisotopic (exact) mass is 311 g/mol. The van der Waals surface area contributed by atoms with Gasteiger partial charge in [-0.1, -0.05) is 20.8 Å². The molecule has 1 aliphatic heterocycles. The van der Waals surface area contributed by atoms with Crippen molar-refractivity contribution in [1.29, 1.82) is 0 Å². The van der Waals surface area contributed by atoms with Gasteiger partial charge < -0.3 is 4.90 Å². The summed E-state index contributed by atoms with van der Waals surface area (Å²) in [6.45, 7) is 9.26. The maximum atomic E-state index is 4.40. The van der Waals surface area contributed by atoms with E-state index in [1.807, 2.05) is 6.20 Å². The Bertz CT molecular complexity index is 400. The molecule has 0 spiro atoms. The first-order chi connectivity index (χ1) is 8.48. The van der Waals surface area contributed by atoms with Crippen molar-refractivity contribution in [2.45, 2.75) is 40.0 Å². The smallest absolute Gasteiger partial charge is 0.146 e. The van der Waals surface area contributed by atoms with Crippen LogP contribution in [-0.4, -0.2) is 23.1 Å².